The Morgan fingerprint density at radius 3 is 1.97 bits per heavy atom. The van der Waals surface area contributed by atoms with Crippen molar-refractivity contribution in [2.24, 2.45) is 0 Å². The van der Waals surface area contributed by atoms with Crippen molar-refractivity contribution in [1.82, 2.24) is 9.55 Å². The summed E-state index contributed by atoms with van der Waals surface area (Å²) in [5, 5.41) is 0. The summed E-state index contributed by atoms with van der Waals surface area (Å²) in [6.45, 7) is 8.03. The Morgan fingerprint density at radius 2 is 1.31 bits per heavy atom. The highest BCUT2D eigenvalue weighted by Crippen LogP contribution is 2.23. The van der Waals surface area contributed by atoms with E-state index in [0.717, 1.165) is 23.6 Å². The Balaban J connectivity index is 1.36. The molecule has 0 amide bonds. The van der Waals surface area contributed by atoms with E-state index < -0.39 is 0 Å². The first-order valence-electron chi connectivity index (χ1n) is 14.3. The number of imidazole rings is 1. The Labute approximate surface area is 214 Å². The third-order valence-corrected chi connectivity index (χ3v) is 7.17. The standard InChI is InChI=1S/C32H48N2O/c1-4-5-6-7-8-9-10-11-12-13-14-15-16-19-24-34-30-21-18-17-20-29(30)33-32(34)26-35-31-25-27(2)22-23-28(31)3/h17-18,20-23,25H,4-16,19,24,26H2,1-3H3. The lowest BCUT2D eigenvalue weighted by Gasteiger charge is -2.12. The van der Waals surface area contributed by atoms with E-state index in [-0.39, 0.29) is 0 Å². The van der Waals surface area contributed by atoms with Gasteiger partial charge in [-0.25, -0.2) is 4.98 Å². The molecule has 0 atom stereocenters. The molecule has 0 N–H and O–H groups in total. The summed E-state index contributed by atoms with van der Waals surface area (Å²) >= 11 is 0. The van der Waals surface area contributed by atoms with Crippen molar-refractivity contribution < 1.29 is 4.74 Å². The Kier molecular flexibility index (Phi) is 12.2. The topological polar surface area (TPSA) is 27.1 Å². The van der Waals surface area contributed by atoms with Gasteiger partial charge in [0, 0.05) is 6.54 Å². The van der Waals surface area contributed by atoms with Gasteiger partial charge in [-0.1, -0.05) is 115 Å². The molecule has 1 aromatic heterocycles. The van der Waals surface area contributed by atoms with Gasteiger partial charge in [0.2, 0.25) is 0 Å². The second-order valence-electron chi connectivity index (χ2n) is 10.3. The molecule has 0 saturated heterocycles. The average molecular weight is 477 g/mol. The number of benzene rings is 2. The Morgan fingerprint density at radius 1 is 0.714 bits per heavy atom. The van der Waals surface area contributed by atoms with Crippen molar-refractivity contribution in [2.75, 3.05) is 0 Å². The van der Waals surface area contributed by atoms with Gasteiger partial charge in [-0.2, -0.15) is 0 Å². The van der Waals surface area contributed by atoms with Crippen LogP contribution in [0.5, 0.6) is 5.75 Å². The van der Waals surface area contributed by atoms with Crippen molar-refractivity contribution in [2.45, 2.75) is 124 Å². The molecule has 0 aliphatic heterocycles. The van der Waals surface area contributed by atoms with Gasteiger partial charge in [0.15, 0.2) is 0 Å². The lowest BCUT2D eigenvalue weighted by atomic mass is 10.0. The average Bonchev–Trinajstić information content (AvgIpc) is 3.22. The summed E-state index contributed by atoms with van der Waals surface area (Å²) in [4.78, 5) is 4.90. The van der Waals surface area contributed by atoms with Crippen molar-refractivity contribution in [1.29, 1.82) is 0 Å². The monoisotopic (exact) mass is 476 g/mol. The van der Waals surface area contributed by atoms with Crippen LogP contribution in [0.3, 0.4) is 0 Å². The van der Waals surface area contributed by atoms with Gasteiger partial charge in [0.1, 0.15) is 18.2 Å². The molecule has 0 bridgehead atoms. The van der Waals surface area contributed by atoms with E-state index in [9.17, 15) is 0 Å². The van der Waals surface area contributed by atoms with Gasteiger partial charge in [0.25, 0.3) is 0 Å². The molecule has 0 aliphatic carbocycles. The van der Waals surface area contributed by atoms with Crippen LogP contribution >= 0.6 is 0 Å². The number of unbranched alkanes of at least 4 members (excludes halogenated alkanes) is 13. The van der Waals surface area contributed by atoms with E-state index in [1.54, 1.807) is 0 Å². The number of nitrogens with zero attached hydrogens (tertiary/aromatic N) is 2. The SMILES string of the molecule is CCCCCCCCCCCCCCCCn1c(COc2cc(C)ccc2C)nc2ccccc21. The highest BCUT2D eigenvalue weighted by atomic mass is 16.5. The molecule has 1 heterocycles. The van der Waals surface area contributed by atoms with Gasteiger partial charge < -0.3 is 9.30 Å². The summed E-state index contributed by atoms with van der Waals surface area (Å²) in [6, 6.07) is 14.9. The van der Waals surface area contributed by atoms with E-state index in [2.05, 4.69) is 67.8 Å². The molecular weight excluding hydrogens is 428 g/mol. The first kappa shape index (κ1) is 27.3. The maximum absolute atomic E-state index is 6.21. The lowest BCUT2D eigenvalue weighted by Crippen LogP contribution is -2.08. The van der Waals surface area contributed by atoms with E-state index in [1.807, 2.05) is 0 Å². The summed E-state index contributed by atoms with van der Waals surface area (Å²) < 4.78 is 8.59. The fourth-order valence-corrected chi connectivity index (χ4v) is 4.95. The molecule has 3 rings (SSSR count). The molecule has 0 unspecified atom stereocenters. The van der Waals surface area contributed by atoms with Crippen LogP contribution in [0.1, 0.15) is 114 Å². The van der Waals surface area contributed by atoms with Crippen molar-refractivity contribution in [3.05, 3.63) is 59.4 Å². The molecule has 0 fully saturated rings. The van der Waals surface area contributed by atoms with E-state index >= 15 is 0 Å². The van der Waals surface area contributed by atoms with Crippen LogP contribution in [0.2, 0.25) is 0 Å². The van der Waals surface area contributed by atoms with Crippen LogP contribution in [0.25, 0.3) is 11.0 Å². The number of hydrogen-bond acceptors (Lipinski definition) is 2. The summed E-state index contributed by atoms with van der Waals surface area (Å²) in [5.41, 5.74) is 4.69. The van der Waals surface area contributed by atoms with Crippen LogP contribution in [0.15, 0.2) is 42.5 Å². The van der Waals surface area contributed by atoms with Crippen molar-refractivity contribution >= 4 is 11.0 Å². The zero-order valence-corrected chi connectivity index (χ0v) is 22.7. The number of aryl methyl sites for hydroxylation is 3. The number of ether oxygens (including phenoxy) is 1. The van der Waals surface area contributed by atoms with Crippen LogP contribution < -0.4 is 4.74 Å². The van der Waals surface area contributed by atoms with Crippen LogP contribution in [0.4, 0.5) is 0 Å². The predicted octanol–water partition coefficient (Wildman–Crippen LogP) is 9.71. The minimum absolute atomic E-state index is 0.511. The summed E-state index contributed by atoms with van der Waals surface area (Å²) in [5.74, 6) is 1.99. The van der Waals surface area contributed by atoms with Gasteiger partial charge in [0.05, 0.1) is 11.0 Å². The zero-order chi connectivity index (χ0) is 24.7. The molecule has 0 spiro atoms. The minimum Gasteiger partial charge on any atom is -0.485 e. The molecular formula is C32H48N2O. The highest BCUT2D eigenvalue weighted by Gasteiger charge is 2.11. The first-order chi connectivity index (χ1) is 17.2. The quantitative estimate of drug-likeness (QED) is 0.171. The fourth-order valence-electron chi connectivity index (χ4n) is 4.95. The maximum atomic E-state index is 6.21. The molecule has 3 nitrogen and oxygen atoms in total. The van der Waals surface area contributed by atoms with E-state index in [1.165, 1.54) is 107 Å². The second-order valence-corrected chi connectivity index (χ2v) is 10.3. The van der Waals surface area contributed by atoms with Crippen molar-refractivity contribution in [3.8, 4) is 5.75 Å². The molecule has 2 aromatic carbocycles. The zero-order valence-electron chi connectivity index (χ0n) is 22.7. The minimum atomic E-state index is 0.511. The Hall–Kier alpha value is -2.29. The summed E-state index contributed by atoms with van der Waals surface area (Å²) in [7, 11) is 0. The smallest absolute Gasteiger partial charge is 0.147 e. The molecule has 3 heteroatoms. The van der Waals surface area contributed by atoms with E-state index in [0.29, 0.717) is 6.61 Å². The normalized spacial score (nSPS) is 11.4. The van der Waals surface area contributed by atoms with Crippen LogP contribution in [-0.4, -0.2) is 9.55 Å². The molecule has 0 radical (unpaired) electrons. The number of aromatic nitrogens is 2. The predicted molar refractivity (Wildman–Crippen MR) is 150 cm³/mol. The summed E-state index contributed by atoms with van der Waals surface area (Å²) in [6.07, 6.45) is 19.4. The third-order valence-electron chi connectivity index (χ3n) is 7.17. The van der Waals surface area contributed by atoms with Gasteiger partial charge >= 0.3 is 0 Å². The van der Waals surface area contributed by atoms with Gasteiger partial charge in [-0.15, -0.1) is 0 Å². The lowest BCUT2D eigenvalue weighted by molar-refractivity contribution is 0.287. The first-order valence-corrected chi connectivity index (χ1v) is 14.3. The molecule has 192 valence electrons. The second kappa shape index (κ2) is 15.7. The number of para-hydroxylation sites is 2. The number of hydrogen-bond donors (Lipinski definition) is 0. The van der Waals surface area contributed by atoms with Crippen LogP contribution in [-0.2, 0) is 13.2 Å². The van der Waals surface area contributed by atoms with Crippen LogP contribution in [0, 0.1) is 13.8 Å². The molecule has 35 heavy (non-hydrogen) atoms. The van der Waals surface area contributed by atoms with Crippen molar-refractivity contribution in [3.63, 3.8) is 0 Å². The number of fused-ring (bicyclic) bond motifs is 1. The van der Waals surface area contributed by atoms with E-state index in [4.69, 9.17) is 9.72 Å². The number of rotatable bonds is 18. The molecule has 0 aliphatic rings. The maximum Gasteiger partial charge on any atom is 0.147 e. The van der Waals surface area contributed by atoms with Gasteiger partial charge in [-0.05, 0) is 49.6 Å². The Bertz CT molecular complexity index is 990. The largest absolute Gasteiger partial charge is 0.485 e. The molecule has 0 saturated carbocycles. The fraction of sp³-hybridized carbons (Fsp3) is 0.594. The third kappa shape index (κ3) is 9.35. The molecule has 3 aromatic rings. The highest BCUT2D eigenvalue weighted by molar-refractivity contribution is 5.75. The van der Waals surface area contributed by atoms with Gasteiger partial charge in [-0.3, -0.25) is 0 Å².